The number of Topliss-reactive ketones (excluding diaryl/α,β-unsaturated/α-hetero) is 1. The molecule has 182 valence electrons. The van der Waals surface area contributed by atoms with Crippen LogP contribution in [0.2, 0.25) is 0 Å². The van der Waals surface area contributed by atoms with Crippen molar-refractivity contribution in [2.24, 2.45) is 24.6 Å². The molecule has 5 rings (SSSR count). The zero-order valence-electron chi connectivity index (χ0n) is 20.1. The topological polar surface area (TPSA) is 119 Å². The molecule has 2 aromatic heterocycles. The van der Waals surface area contributed by atoms with Crippen LogP contribution in [0.1, 0.15) is 64.9 Å². The summed E-state index contributed by atoms with van der Waals surface area (Å²) in [4.78, 5) is 36.1. The molecule has 3 heterocycles. The number of rotatable bonds is 8. The molecule has 0 unspecified atom stereocenters. The van der Waals surface area contributed by atoms with Gasteiger partial charge in [0.15, 0.2) is 17.3 Å². The fourth-order valence-electron chi connectivity index (χ4n) is 4.76. The summed E-state index contributed by atoms with van der Waals surface area (Å²) in [6, 6.07) is 8.17. The van der Waals surface area contributed by atoms with E-state index in [1.54, 1.807) is 30.3 Å². The number of nitrogens with two attached hydrogens (primary N) is 1. The molecule has 2 atom stereocenters. The van der Waals surface area contributed by atoms with E-state index in [0.29, 0.717) is 42.1 Å². The van der Waals surface area contributed by atoms with Gasteiger partial charge in [-0.1, -0.05) is 31.2 Å². The molecular weight excluding hydrogens is 442 g/mol. The molecule has 1 aliphatic heterocycles. The third kappa shape index (κ3) is 5.18. The van der Waals surface area contributed by atoms with Gasteiger partial charge in [-0.3, -0.25) is 14.3 Å². The van der Waals surface area contributed by atoms with Crippen LogP contribution in [-0.2, 0) is 7.05 Å². The van der Waals surface area contributed by atoms with Crippen LogP contribution in [0.3, 0.4) is 0 Å². The van der Waals surface area contributed by atoms with Crippen LogP contribution in [0.15, 0.2) is 42.9 Å². The summed E-state index contributed by atoms with van der Waals surface area (Å²) in [5.41, 5.74) is 8.41. The van der Waals surface area contributed by atoms with Gasteiger partial charge in [0.05, 0.1) is 18.1 Å². The Balaban J connectivity index is 1.31. The van der Waals surface area contributed by atoms with Crippen LogP contribution in [-0.4, -0.2) is 44.5 Å². The van der Waals surface area contributed by atoms with E-state index in [4.69, 9.17) is 5.73 Å². The first-order chi connectivity index (χ1) is 16.9. The van der Waals surface area contributed by atoms with Crippen LogP contribution in [0, 0.1) is 11.8 Å². The molecule has 0 spiro atoms. The summed E-state index contributed by atoms with van der Waals surface area (Å²) in [5.74, 6) is 1.78. The number of anilines is 3. The second kappa shape index (κ2) is 9.48. The highest BCUT2D eigenvalue weighted by molar-refractivity contribution is 5.97. The van der Waals surface area contributed by atoms with E-state index >= 15 is 0 Å². The second-order valence-electron chi connectivity index (χ2n) is 9.81. The number of aromatic nitrogens is 4. The van der Waals surface area contributed by atoms with E-state index in [0.717, 1.165) is 18.5 Å². The molecule has 1 saturated carbocycles. The zero-order chi connectivity index (χ0) is 24.5. The summed E-state index contributed by atoms with van der Waals surface area (Å²) >= 11 is 0. The molecule has 0 radical (unpaired) electrons. The third-order valence-electron chi connectivity index (χ3n) is 7.13. The minimum absolute atomic E-state index is 0.0735. The predicted molar refractivity (Wildman–Crippen MR) is 134 cm³/mol. The highest BCUT2D eigenvalue weighted by Gasteiger charge is 2.30. The normalized spacial score (nSPS) is 20.0. The van der Waals surface area contributed by atoms with Crippen LogP contribution >= 0.6 is 0 Å². The van der Waals surface area contributed by atoms with Gasteiger partial charge in [-0.2, -0.15) is 5.10 Å². The number of piperidine rings is 1. The van der Waals surface area contributed by atoms with E-state index < -0.39 is 5.91 Å². The third-order valence-corrected chi connectivity index (χ3v) is 7.13. The largest absolute Gasteiger partial charge is 0.364 e. The van der Waals surface area contributed by atoms with Gasteiger partial charge in [0.2, 0.25) is 0 Å². The summed E-state index contributed by atoms with van der Waals surface area (Å²) in [6.45, 7) is 3.71. The molecule has 35 heavy (non-hydrogen) atoms. The van der Waals surface area contributed by atoms with Crippen LogP contribution < -0.4 is 16.0 Å². The van der Waals surface area contributed by atoms with Crippen molar-refractivity contribution in [3.8, 4) is 0 Å². The molecule has 2 fully saturated rings. The Morgan fingerprint density at radius 2 is 1.91 bits per heavy atom. The monoisotopic (exact) mass is 473 g/mol. The number of carbonyl (C=O) groups is 2. The second-order valence-corrected chi connectivity index (χ2v) is 9.81. The number of aryl methyl sites for hydroxylation is 1. The molecule has 0 bridgehead atoms. The minimum Gasteiger partial charge on any atom is -0.364 e. The highest BCUT2D eigenvalue weighted by atomic mass is 16.1. The summed E-state index contributed by atoms with van der Waals surface area (Å²) < 4.78 is 1.65. The van der Waals surface area contributed by atoms with E-state index in [1.807, 2.05) is 12.1 Å². The van der Waals surface area contributed by atoms with Crippen molar-refractivity contribution in [3.63, 3.8) is 0 Å². The quantitative estimate of drug-likeness (QED) is 0.479. The van der Waals surface area contributed by atoms with Crippen LogP contribution in [0.5, 0.6) is 0 Å². The van der Waals surface area contributed by atoms with Gasteiger partial charge in [-0.15, -0.1) is 0 Å². The summed E-state index contributed by atoms with van der Waals surface area (Å²) in [6.07, 6.45) is 8.95. The Hall–Kier alpha value is -3.75. The Morgan fingerprint density at radius 3 is 2.57 bits per heavy atom. The lowest BCUT2D eigenvalue weighted by Crippen LogP contribution is -2.41. The number of ketones is 1. The smallest absolute Gasteiger partial charge is 0.271 e. The number of benzene rings is 1. The standard InChI is InChI=1S/C26H31N7O2/c1-16-9-10-33(14-20(16)11-22(34)19-7-5-18(6-8-19)17-3-4-17)23-13-28-24(25(27)35)26(31-23)30-21-12-29-32(2)15-21/h5-8,12-13,15-17,20H,3-4,9-11,14H2,1-2H3,(H2,27,35)(H,30,31)/t16-,20+/m1/s1. The average molecular weight is 474 g/mol. The summed E-state index contributed by atoms with van der Waals surface area (Å²) in [7, 11) is 1.81. The van der Waals surface area contributed by atoms with E-state index in [9.17, 15) is 9.59 Å². The van der Waals surface area contributed by atoms with Gasteiger partial charge >= 0.3 is 0 Å². The van der Waals surface area contributed by atoms with Crippen molar-refractivity contribution in [1.82, 2.24) is 19.7 Å². The van der Waals surface area contributed by atoms with Crippen LogP contribution in [0.25, 0.3) is 0 Å². The van der Waals surface area contributed by atoms with Gasteiger partial charge in [-0.05, 0) is 42.6 Å². The molecule has 3 N–H and O–H groups in total. The van der Waals surface area contributed by atoms with E-state index in [2.05, 4.69) is 44.3 Å². The van der Waals surface area contributed by atoms with E-state index in [-0.39, 0.29) is 17.4 Å². The SMILES string of the molecule is C[C@@H]1CCN(c2cnc(C(N)=O)c(Nc3cnn(C)c3)n2)C[C@@H]1CC(=O)c1ccc(C2CC2)cc1. The molecule has 3 aromatic rings. The summed E-state index contributed by atoms with van der Waals surface area (Å²) in [5, 5.41) is 7.24. The maximum Gasteiger partial charge on any atom is 0.271 e. The molecule has 1 amide bonds. The lowest BCUT2D eigenvalue weighted by Gasteiger charge is -2.37. The number of amides is 1. The van der Waals surface area contributed by atoms with Crippen molar-refractivity contribution in [1.29, 1.82) is 0 Å². The van der Waals surface area contributed by atoms with Gasteiger partial charge in [-0.25, -0.2) is 9.97 Å². The molecule has 9 heteroatoms. The molecule has 9 nitrogen and oxygen atoms in total. The first-order valence-corrected chi connectivity index (χ1v) is 12.2. The Labute approximate surface area is 204 Å². The number of primary amides is 1. The molecule has 1 saturated heterocycles. The number of nitrogens with zero attached hydrogens (tertiary/aromatic N) is 5. The Bertz CT molecular complexity index is 1230. The van der Waals surface area contributed by atoms with Crippen LogP contribution in [0.4, 0.5) is 17.3 Å². The fraction of sp³-hybridized carbons (Fsp3) is 0.423. The number of carbonyl (C=O) groups excluding carboxylic acids is 2. The van der Waals surface area contributed by atoms with Gasteiger partial charge in [0, 0.05) is 38.3 Å². The van der Waals surface area contributed by atoms with Gasteiger partial charge in [0.1, 0.15) is 5.82 Å². The Kier molecular flexibility index (Phi) is 6.23. The first-order valence-electron chi connectivity index (χ1n) is 12.2. The molecule has 2 aliphatic rings. The fourth-order valence-corrected chi connectivity index (χ4v) is 4.76. The maximum absolute atomic E-state index is 13.1. The average Bonchev–Trinajstić information content (AvgIpc) is 3.62. The zero-order valence-corrected chi connectivity index (χ0v) is 20.1. The van der Waals surface area contributed by atoms with Crippen molar-refractivity contribution >= 4 is 29.0 Å². The van der Waals surface area contributed by atoms with E-state index in [1.165, 1.54) is 18.4 Å². The lowest BCUT2D eigenvalue weighted by atomic mass is 9.82. The minimum atomic E-state index is -0.654. The number of hydrogen-bond donors (Lipinski definition) is 2. The van der Waals surface area contributed by atoms with Crippen molar-refractivity contribution in [3.05, 3.63) is 59.7 Å². The first kappa shape index (κ1) is 23.0. The van der Waals surface area contributed by atoms with Crippen molar-refractivity contribution in [2.45, 2.75) is 38.5 Å². The molecule has 1 aliphatic carbocycles. The molecule has 1 aromatic carbocycles. The van der Waals surface area contributed by atoms with Crippen molar-refractivity contribution < 1.29 is 9.59 Å². The highest BCUT2D eigenvalue weighted by Crippen LogP contribution is 2.40. The maximum atomic E-state index is 13.1. The predicted octanol–water partition coefficient (Wildman–Crippen LogP) is 3.67. The van der Waals surface area contributed by atoms with Gasteiger partial charge < -0.3 is 16.0 Å². The number of nitrogens with one attached hydrogen (secondary N) is 1. The Morgan fingerprint density at radius 1 is 1.14 bits per heavy atom. The lowest BCUT2D eigenvalue weighted by molar-refractivity contribution is 0.0938. The number of hydrogen-bond acceptors (Lipinski definition) is 7. The van der Waals surface area contributed by atoms with Crippen molar-refractivity contribution in [2.75, 3.05) is 23.3 Å². The molecular formula is C26H31N7O2. The van der Waals surface area contributed by atoms with Gasteiger partial charge in [0.25, 0.3) is 5.91 Å².